The molecule has 0 saturated carbocycles. The van der Waals surface area contributed by atoms with Gasteiger partial charge in [-0.25, -0.2) is 4.79 Å². The molecular weight excluding hydrogens is 304 g/mol. The van der Waals surface area contributed by atoms with Crippen molar-refractivity contribution in [1.82, 2.24) is 9.88 Å². The Morgan fingerprint density at radius 1 is 1.21 bits per heavy atom. The van der Waals surface area contributed by atoms with E-state index < -0.39 is 0 Å². The molecule has 0 saturated heterocycles. The van der Waals surface area contributed by atoms with Crippen LogP contribution in [-0.2, 0) is 19.5 Å². The smallest absolute Gasteiger partial charge is 0.336 e. The minimum atomic E-state index is -0.306. The van der Waals surface area contributed by atoms with E-state index in [1.54, 1.807) is 18.5 Å². The van der Waals surface area contributed by atoms with Crippen LogP contribution in [0.25, 0.3) is 11.0 Å². The van der Waals surface area contributed by atoms with Gasteiger partial charge in [0.1, 0.15) is 18.1 Å². The molecule has 5 nitrogen and oxygen atoms in total. The molecule has 24 heavy (non-hydrogen) atoms. The van der Waals surface area contributed by atoms with E-state index in [0.29, 0.717) is 18.9 Å². The van der Waals surface area contributed by atoms with Crippen LogP contribution >= 0.6 is 0 Å². The third-order valence-corrected chi connectivity index (χ3v) is 4.38. The monoisotopic (exact) mass is 322 g/mol. The molecule has 2 aromatic heterocycles. The zero-order valence-corrected chi connectivity index (χ0v) is 13.5. The van der Waals surface area contributed by atoms with E-state index in [1.807, 2.05) is 31.2 Å². The van der Waals surface area contributed by atoms with Crippen LogP contribution in [-0.4, -0.2) is 16.6 Å². The molecule has 0 radical (unpaired) electrons. The van der Waals surface area contributed by atoms with Crippen molar-refractivity contribution in [3.63, 3.8) is 0 Å². The summed E-state index contributed by atoms with van der Waals surface area (Å²) < 4.78 is 11.4. The first kappa shape index (κ1) is 14.9. The number of ether oxygens (including phenoxy) is 1. The van der Waals surface area contributed by atoms with Crippen LogP contribution in [0.5, 0.6) is 5.75 Å². The fourth-order valence-corrected chi connectivity index (χ4v) is 3.18. The van der Waals surface area contributed by atoms with Gasteiger partial charge in [0.2, 0.25) is 0 Å². The number of fused-ring (bicyclic) bond motifs is 3. The Labute approximate surface area is 139 Å². The SMILES string of the molecule is CCc1cc(=O)oc2c3c(ccc12)OCN(Cc1ccncc1)C3. The lowest BCUT2D eigenvalue weighted by atomic mass is 10.0. The zero-order chi connectivity index (χ0) is 16.5. The van der Waals surface area contributed by atoms with E-state index in [2.05, 4.69) is 9.88 Å². The maximum atomic E-state index is 11.9. The molecule has 0 spiro atoms. The Morgan fingerprint density at radius 3 is 2.83 bits per heavy atom. The fraction of sp³-hybridized carbons (Fsp3) is 0.263. The number of nitrogens with zero attached hydrogens (tertiary/aromatic N) is 2. The Morgan fingerprint density at radius 2 is 2.04 bits per heavy atom. The number of hydrogen-bond donors (Lipinski definition) is 0. The summed E-state index contributed by atoms with van der Waals surface area (Å²) in [5.74, 6) is 0.796. The first-order chi connectivity index (χ1) is 11.7. The van der Waals surface area contributed by atoms with Gasteiger partial charge in [-0.3, -0.25) is 9.88 Å². The number of aryl methyl sites for hydroxylation is 1. The normalized spacial score (nSPS) is 14.4. The average molecular weight is 322 g/mol. The van der Waals surface area contributed by atoms with E-state index in [-0.39, 0.29) is 5.63 Å². The summed E-state index contributed by atoms with van der Waals surface area (Å²) in [6, 6.07) is 9.52. The van der Waals surface area contributed by atoms with Crippen LogP contribution in [0.4, 0.5) is 0 Å². The summed E-state index contributed by atoms with van der Waals surface area (Å²) in [4.78, 5) is 18.1. The minimum absolute atomic E-state index is 0.306. The lowest BCUT2D eigenvalue weighted by molar-refractivity contribution is 0.0889. The lowest BCUT2D eigenvalue weighted by Crippen LogP contribution is -2.31. The third kappa shape index (κ3) is 2.67. The van der Waals surface area contributed by atoms with Gasteiger partial charge in [0.25, 0.3) is 0 Å². The molecule has 1 aromatic carbocycles. The molecule has 0 amide bonds. The average Bonchev–Trinajstić information content (AvgIpc) is 2.62. The molecule has 0 N–H and O–H groups in total. The Balaban J connectivity index is 1.74. The first-order valence-corrected chi connectivity index (χ1v) is 8.07. The maximum absolute atomic E-state index is 11.9. The van der Waals surface area contributed by atoms with Crippen LogP contribution < -0.4 is 10.4 Å². The van der Waals surface area contributed by atoms with Crippen molar-refractivity contribution in [3.8, 4) is 5.75 Å². The van der Waals surface area contributed by atoms with Gasteiger partial charge < -0.3 is 9.15 Å². The summed E-state index contributed by atoms with van der Waals surface area (Å²) >= 11 is 0. The molecular formula is C19H18N2O3. The predicted octanol–water partition coefficient (Wildman–Crippen LogP) is 3.10. The highest BCUT2D eigenvalue weighted by atomic mass is 16.5. The van der Waals surface area contributed by atoms with Gasteiger partial charge in [-0.1, -0.05) is 6.92 Å². The molecule has 5 heteroatoms. The van der Waals surface area contributed by atoms with Gasteiger partial charge in [-0.15, -0.1) is 0 Å². The van der Waals surface area contributed by atoms with Gasteiger partial charge in [-0.2, -0.15) is 0 Å². The first-order valence-electron chi connectivity index (χ1n) is 8.07. The lowest BCUT2D eigenvalue weighted by Gasteiger charge is -2.29. The van der Waals surface area contributed by atoms with Crippen LogP contribution in [0, 0.1) is 0 Å². The minimum Gasteiger partial charge on any atom is -0.478 e. The highest BCUT2D eigenvalue weighted by molar-refractivity contribution is 5.85. The fourth-order valence-electron chi connectivity index (χ4n) is 3.18. The molecule has 0 fully saturated rings. The Hall–Kier alpha value is -2.66. The topological polar surface area (TPSA) is 55.6 Å². The van der Waals surface area contributed by atoms with Crippen LogP contribution in [0.15, 0.2) is 51.9 Å². The molecule has 0 aliphatic carbocycles. The van der Waals surface area contributed by atoms with Crippen molar-refractivity contribution < 1.29 is 9.15 Å². The highest BCUT2D eigenvalue weighted by Gasteiger charge is 2.22. The van der Waals surface area contributed by atoms with Gasteiger partial charge in [0.05, 0.1) is 5.56 Å². The molecule has 4 rings (SSSR count). The van der Waals surface area contributed by atoms with E-state index in [1.165, 1.54) is 5.56 Å². The zero-order valence-electron chi connectivity index (χ0n) is 13.5. The second-order valence-corrected chi connectivity index (χ2v) is 5.98. The van der Waals surface area contributed by atoms with Crippen molar-refractivity contribution in [2.45, 2.75) is 26.4 Å². The van der Waals surface area contributed by atoms with Crippen molar-refractivity contribution in [2.24, 2.45) is 0 Å². The standard InChI is InChI=1S/C19H18N2O3/c1-2-14-9-18(22)24-19-15(14)3-4-17-16(19)11-21(12-23-17)10-13-5-7-20-8-6-13/h3-9H,2,10-12H2,1H3. The summed E-state index contributed by atoms with van der Waals surface area (Å²) in [7, 11) is 0. The molecule has 0 bridgehead atoms. The van der Waals surface area contributed by atoms with Crippen LogP contribution in [0.3, 0.4) is 0 Å². The molecule has 3 heterocycles. The molecule has 0 atom stereocenters. The third-order valence-electron chi connectivity index (χ3n) is 4.38. The summed E-state index contributed by atoms with van der Waals surface area (Å²) in [6.45, 7) is 4.00. The number of hydrogen-bond acceptors (Lipinski definition) is 5. The predicted molar refractivity (Wildman–Crippen MR) is 90.8 cm³/mol. The second-order valence-electron chi connectivity index (χ2n) is 5.98. The molecule has 122 valence electrons. The molecule has 3 aromatic rings. The van der Waals surface area contributed by atoms with Crippen molar-refractivity contribution in [1.29, 1.82) is 0 Å². The highest BCUT2D eigenvalue weighted by Crippen LogP contribution is 2.33. The Bertz CT molecular complexity index is 934. The quantitative estimate of drug-likeness (QED) is 0.694. The van der Waals surface area contributed by atoms with E-state index >= 15 is 0 Å². The van der Waals surface area contributed by atoms with Gasteiger partial charge >= 0.3 is 5.63 Å². The largest absolute Gasteiger partial charge is 0.478 e. The maximum Gasteiger partial charge on any atom is 0.336 e. The second kappa shape index (κ2) is 6.09. The summed E-state index contributed by atoms with van der Waals surface area (Å²) in [5, 5.41) is 0.991. The molecule has 1 aliphatic heterocycles. The number of aromatic nitrogens is 1. The molecule has 0 unspecified atom stereocenters. The van der Waals surface area contributed by atoms with E-state index in [4.69, 9.17) is 9.15 Å². The summed E-state index contributed by atoms with van der Waals surface area (Å²) in [6.07, 6.45) is 4.37. The number of rotatable bonds is 3. The van der Waals surface area contributed by atoms with Gasteiger partial charge in [-0.05, 0) is 41.8 Å². The number of benzene rings is 1. The van der Waals surface area contributed by atoms with Gasteiger partial charge in [0.15, 0.2) is 0 Å². The van der Waals surface area contributed by atoms with Crippen LogP contribution in [0.1, 0.15) is 23.6 Å². The van der Waals surface area contributed by atoms with Gasteiger partial charge in [0, 0.05) is 36.9 Å². The van der Waals surface area contributed by atoms with E-state index in [9.17, 15) is 4.79 Å². The Kier molecular flexibility index (Phi) is 3.78. The van der Waals surface area contributed by atoms with E-state index in [0.717, 1.165) is 35.2 Å². The van der Waals surface area contributed by atoms with Crippen LogP contribution in [0.2, 0.25) is 0 Å². The van der Waals surface area contributed by atoms with Crippen molar-refractivity contribution in [2.75, 3.05) is 6.73 Å². The summed E-state index contributed by atoms with van der Waals surface area (Å²) in [5.41, 5.74) is 3.47. The number of pyridine rings is 1. The van der Waals surface area contributed by atoms with Crippen molar-refractivity contribution in [3.05, 3.63) is 69.8 Å². The van der Waals surface area contributed by atoms with Crippen molar-refractivity contribution >= 4 is 11.0 Å². The molecule has 1 aliphatic rings.